The maximum absolute atomic E-state index is 11.4. The Bertz CT molecular complexity index is 276. The first kappa shape index (κ1) is 12.4. The zero-order valence-corrected chi connectivity index (χ0v) is 11.6. The van der Waals surface area contributed by atoms with E-state index in [4.69, 9.17) is 0 Å². The lowest BCUT2D eigenvalue weighted by Gasteiger charge is -2.54. The molecular weight excluding hydrogens is 196 g/mol. The van der Waals surface area contributed by atoms with Gasteiger partial charge in [0.1, 0.15) is 0 Å². The molecule has 0 amide bonds. The molecule has 94 valence electrons. The van der Waals surface area contributed by atoms with Gasteiger partial charge in [0, 0.05) is 0 Å². The largest absolute Gasteiger partial charge is 0.388 e. The predicted octanol–water partition coefficient (Wildman–Crippen LogP) is 4.00. The summed E-state index contributed by atoms with van der Waals surface area (Å²) in [6, 6.07) is 0. The second-order valence-electron chi connectivity index (χ2n) is 7.18. The van der Waals surface area contributed by atoms with Gasteiger partial charge in [0.15, 0.2) is 0 Å². The van der Waals surface area contributed by atoms with Crippen LogP contribution in [0.15, 0.2) is 0 Å². The fraction of sp³-hybridized carbons (Fsp3) is 1.00. The summed E-state index contributed by atoms with van der Waals surface area (Å²) in [5.74, 6) is 1.17. The van der Waals surface area contributed by atoms with E-state index in [0.717, 1.165) is 12.3 Å². The van der Waals surface area contributed by atoms with Crippen molar-refractivity contribution in [3.05, 3.63) is 0 Å². The Hall–Kier alpha value is -0.0400. The Morgan fingerprint density at radius 2 is 1.94 bits per heavy atom. The minimum absolute atomic E-state index is 0.106. The van der Waals surface area contributed by atoms with Crippen molar-refractivity contribution in [2.75, 3.05) is 0 Å². The van der Waals surface area contributed by atoms with Gasteiger partial charge in [0.2, 0.25) is 0 Å². The third-order valence-corrected chi connectivity index (χ3v) is 6.10. The summed E-state index contributed by atoms with van der Waals surface area (Å²) in [6.45, 7) is 11.4. The summed E-state index contributed by atoms with van der Waals surface area (Å²) in [6.07, 6.45) is 6.13. The van der Waals surface area contributed by atoms with Crippen LogP contribution in [-0.4, -0.2) is 10.7 Å². The number of aliphatic hydroxyl groups is 1. The molecule has 16 heavy (non-hydrogen) atoms. The monoisotopic (exact) mass is 224 g/mol. The average molecular weight is 224 g/mol. The highest BCUT2D eigenvalue weighted by atomic mass is 16.3. The molecule has 2 bridgehead atoms. The Balaban J connectivity index is 2.37. The predicted molar refractivity (Wildman–Crippen MR) is 68.3 cm³/mol. The molecule has 0 spiro atoms. The summed E-state index contributed by atoms with van der Waals surface area (Å²) in [5, 5.41) is 11.4. The number of hydrogen-bond acceptors (Lipinski definition) is 1. The molecule has 0 aromatic heterocycles. The first-order chi connectivity index (χ1) is 7.29. The summed E-state index contributed by atoms with van der Waals surface area (Å²) < 4.78 is 0. The quantitative estimate of drug-likeness (QED) is 0.768. The first-order valence-electron chi connectivity index (χ1n) is 7.02. The summed E-state index contributed by atoms with van der Waals surface area (Å²) in [7, 11) is 0. The van der Waals surface area contributed by atoms with Crippen LogP contribution in [0.5, 0.6) is 0 Å². The minimum atomic E-state index is -0.446. The third kappa shape index (κ3) is 1.21. The molecule has 0 aromatic carbocycles. The van der Waals surface area contributed by atoms with E-state index in [0.29, 0.717) is 5.92 Å². The van der Waals surface area contributed by atoms with Crippen molar-refractivity contribution >= 4 is 0 Å². The smallest absolute Gasteiger partial charge is 0.0779 e. The van der Waals surface area contributed by atoms with Crippen LogP contribution in [0.25, 0.3) is 0 Å². The second-order valence-corrected chi connectivity index (χ2v) is 7.18. The van der Waals surface area contributed by atoms with Gasteiger partial charge in [-0.05, 0) is 48.3 Å². The lowest BCUT2D eigenvalue weighted by Crippen LogP contribution is -2.58. The molecule has 1 N–H and O–H groups in total. The van der Waals surface area contributed by atoms with Gasteiger partial charge < -0.3 is 5.11 Å². The van der Waals surface area contributed by atoms with Gasteiger partial charge in [-0.2, -0.15) is 0 Å². The van der Waals surface area contributed by atoms with Crippen molar-refractivity contribution in [2.45, 2.75) is 72.3 Å². The molecule has 2 rings (SSSR count). The van der Waals surface area contributed by atoms with Crippen LogP contribution in [0.2, 0.25) is 0 Å². The Kier molecular flexibility index (Phi) is 2.70. The van der Waals surface area contributed by atoms with Gasteiger partial charge in [-0.15, -0.1) is 0 Å². The van der Waals surface area contributed by atoms with Crippen molar-refractivity contribution in [2.24, 2.45) is 22.7 Å². The van der Waals surface area contributed by atoms with Crippen LogP contribution < -0.4 is 0 Å². The van der Waals surface area contributed by atoms with Crippen LogP contribution in [0.3, 0.4) is 0 Å². The molecule has 0 radical (unpaired) electrons. The average Bonchev–Trinajstić information content (AvgIpc) is 2.66. The maximum Gasteiger partial charge on any atom is 0.0779 e. The molecule has 0 aromatic rings. The normalized spacial score (nSPS) is 47.2. The van der Waals surface area contributed by atoms with E-state index in [2.05, 4.69) is 34.6 Å². The highest BCUT2D eigenvalue weighted by Gasteiger charge is 2.69. The van der Waals surface area contributed by atoms with Crippen LogP contribution in [0.1, 0.15) is 66.7 Å². The minimum Gasteiger partial charge on any atom is -0.388 e. The lowest BCUT2D eigenvalue weighted by atomic mass is 9.55. The molecule has 2 saturated carbocycles. The standard InChI is InChI=1S/C15H28O/c1-6-7-11(2)15(16)13(3,4)12-8-9-14(15,5)10-12/h11-12,16H,6-10H2,1-5H3. The van der Waals surface area contributed by atoms with E-state index in [1.165, 1.54) is 25.7 Å². The Morgan fingerprint density at radius 1 is 1.31 bits per heavy atom. The van der Waals surface area contributed by atoms with Crippen LogP contribution in [0, 0.1) is 22.7 Å². The van der Waals surface area contributed by atoms with Crippen molar-refractivity contribution < 1.29 is 5.11 Å². The molecule has 1 nitrogen and oxygen atoms in total. The fourth-order valence-corrected chi connectivity index (χ4v) is 5.16. The molecule has 4 unspecified atom stereocenters. The van der Waals surface area contributed by atoms with E-state index in [-0.39, 0.29) is 10.8 Å². The van der Waals surface area contributed by atoms with Gasteiger partial charge >= 0.3 is 0 Å². The lowest BCUT2D eigenvalue weighted by molar-refractivity contribution is -0.178. The van der Waals surface area contributed by atoms with Gasteiger partial charge in [0.05, 0.1) is 5.60 Å². The van der Waals surface area contributed by atoms with E-state index in [1.807, 2.05) is 0 Å². The topological polar surface area (TPSA) is 20.2 Å². The van der Waals surface area contributed by atoms with E-state index < -0.39 is 5.60 Å². The fourth-order valence-electron chi connectivity index (χ4n) is 5.16. The van der Waals surface area contributed by atoms with Crippen molar-refractivity contribution in [3.63, 3.8) is 0 Å². The van der Waals surface area contributed by atoms with Crippen molar-refractivity contribution in [3.8, 4) is 0 Å². The summed E-state index contributed by atoms with van der Waals surface area (Å²) in [4.78, 5) is 0. The van der Waals surface area contributed by atoms with E-state index >= 15 is 0 Å². The summed E-state index contributed by atoms with van der Waals surface area (Å²) >= 11 is 0. The van der Waals surface area contributed by atoms with Gasteiger partial charge in [0.25, 0.3) is 0 Å². The molecule has 0 saturated heterocycles. The summed E-state index contributed by atoms with van der Waals surface area (Å²) in [5.41, 5.74) is -0.163. The van der Waals surface area contributed by atoms with Crippen molar-refractivity contribution in [1.29, 1.82) is 0 Å². The third-order valence-electron chi connectivity index (χ3n) is 6.10. The zero-order valence-electron chi connectivity index (χ0n) is 11.6. The van der Waals surface area contributed by atoms with Gasteiger partial charge in [-0.25, -0.2) is 0 Å². The van der Waals surface area contributed by atoms with Crippen LogP contribution in [0.4, 0.5) is 0 Å². The molecular formula is C15H28O. The number of rotatable bonds is 3. The maximum atomic E-state index is 11.4. The van der Waals surface area contributed by atoms with Gasteiger partial charge in [-0.1, -0.05) is 41.0 Å². The van der Waals surface area contributed by atoms with Crippen molar-refractivity contribution in [1.82, 2.24) is 0 Å². The molecule has 1 heteroatoms. The Morgan fingerprint density at radius 3 is 2.38 bits per heavy atom. The van der Waals surface area contributed by atoms with Crippen LogP contribution in [-0.2, 0) is 0 Å². The highest BCUT2D eigenvalue weighted by Crippen LogP contribution is 2.70. The molecule has 2 fully saturated rings. The van der Waals surface area contributed by atoms with Gasteiger partial charge in [-0.3, -0.25) is 0 Å². The molecule has 2 aliphatic rings. The second kappa shape index (κ2) is 3.48. The zero-order chi connectivity index (χ0) is 12.2. The first-order valence-corrected chi connectivity index (χ1v) is 7.02. The number of hydrogen-bond donors (Lipinski definition) is 1. The molecule has 4 atom stereocenters. The number of fused-ring (bicyclic) bond motifs is 2. The van der Waals surface area contributed by atoms with E-state index in [9.17, 15) is 5.11 Å². The Labute approximate surface area is 101 Å². The molecule has 0 aliphatic heterocycles. The van der Waals surface area contributed by atoms with Crippen LogP contribution >= 0.6 is 0 Å². The van der Waals surface area contributed by atoms with E-state index in [1.54, 1.807) is 0 Å². The SMILES string of the molecule is CCCC(C)C1(O)C2(C)CCC(C2)C1(C)C. The molecule has 2 aliphatic carbocycles. The molecule has 0 heterocycles. The highest BCUT2D eigenvalue weighted by molar-refractivity contribution is 5.19.